The average Bonchev–Trinajstić information content (AvgIpc) is 4.60. The zero-order valence-corrected chi connectivity index (χ0v) is 43.9. The Bertz CT molecular complexity index is 3210. The Labute approximate surface area is 462 Å². The molecular weight excluding hydrogens is 1030 g/mol. The van der Waals surface area contributed by atoms with Gasteiger partial charge < -0.3 is 38.6 Å². The van der Waals surface area contributed by atoms with Gasteiger partial charge in [-0.2, -0.15) is 0 Å². The van der Waals surface area contributed by atoms with E-state index in [0.29, 0.717) is 35.8 Å². The van der Waals surface area contributed by atoms with Gasteiger partial charge in [0.05, 0.1) is 25.0 Å². The van der Waals surface area contributed by atoms with Crippen LogP contribution in [0.1, 0.15) is 54.1 Å². The zero-order valence-electron chi connectivity index (χ0n) is 42.4. The molecule has 2 fully saturated rings. The van der Waals surface area contributed by atoms with Crippen LogP contribution in [-0.4, -0.2) is 97.8 Å². The largest absolute Gasteiger partial charge is 0.491 e. The van der Waals surface area contributed by atoms with Gasteiger partial charge in [-0.05, 0) is 118 Å². The normalized spacial score (nSPS) is 20.4. The third-order valence-electron chi connectivity index (χ3n) is 14.2. The molecule has 4 heterocycles. The van der Waals surface area contributed by atoms with Crippen molar-refractivity contribution in [2.24, 2.45) is 0 Å². The lowest BCUT2D eigenvalue weighted by Gasteiger charge is -2.40. The molecule has 2 N–H and O–H groups in total. The lowest BCUT2D eigenvalue weighted by Crippen LogP contribution is -2.46. The first-order valence-corrected chi connectivity index (χ1v) is 26.9. The van der Waals surface area contributed by atoms with E-state index in [1.807, 2.05) is 186 Å². The minimum absolute atomic E-state index is 0.0378. The summed E-state index contributed by atoms with van der Waals surface area (Å²) < 4.78 is 33.9. The number of aliphatic hydroxyl groups excluding tert-OH is 2. The van der Waals surface area contributed by atoms with Crippen molar-refractivity contribution in [3.05, 3.63) is 251 Å². The number of alkyl halides is 2. The van der Waals surface area contributed by atoms with Crippen LogP contribution in [0.2, 0.25) is 0 Å². The predicted molar refractivity (Wildman–Crippen MR) is 300 cm³/mol. The number of ether oxygens (including phenoxy) is 6. The topological polar surface area (TPSA) is 143 Å². The Balaban J connectivity index is 0.000000166. The minimum Gasteiger partial charge on any atom is -0.491 e. The van der Waals surface area contributed by atoms with Crippen molar-refractivity contribution in [1.29, 1.82) is 0 Å². The molecule has 8 aromatic carbocycles. The van der Waals surface area contributed by atoms with E-state index in [0.717, 1.165) is 69.5 Å². The number of amides is 2. The van der Waals surface area contributed by atoms with Crippen molar-refractivity contribution >= 4 is 46.4 Å². The number of epoxide rings is 2. The smallest absolute Gasteiger partial charge is 0.260 e. The number of carbonyl (C=O) groups is 2. The van der Waals surface area contributed by atoms with E-state index < -0.39 is 23.3 Å². The lowest BCUT2D eigenvalue weighted by atomic mass is 9.76. The first-order chi connectivity index (χ1) is 38.2. The molecule has 12 nitrogen and oxygen atoms in total. The van der Waals surface area contributed by atoms with E-state index in [4.69, 9.17) is 51.6 Å². The molecule has 0 aromatic heterocycles. The van der Waals surface area contributed by atoms with Gasteiger partial charge in [0.15, 0.2) is 0 Å². The summed E-state index contributed by atoms with van der Waals surface area (Å²) in [7, 11) is 0. The predicted octanol–water partition coefficient (Wildman–Crippen LogP) is 10.8. The summed E-state index contributed by atoms with van der Waals surface area (Å²) in [6.45, 7) is 2.72. The molecule has 0 aliphatic carbocycles. The number of nitrogens with zero attached hydrogens (tertiary/aromatic N) is 2. The Morgan fingerprint density at radius 2 is 0.731 bits per heavy atom. The fraction of sp³-hybridized carbons (Fsp3) is 0.219. The van der Waals surface area contributed by atoms with Gasteiger partial charge >= 0.3 is 0 Å². The highest BCUT2D eigenvalue weighted by molar-refractivity contribution is 6.18. The molecule has 396 valence electrons. The number of anilines is 2. The van der Waals surface area contributed by atoms with Gasteiger partial charge in [-0.1, -0.05) is 121 Å². The molecule has 0 radical (unpaired) electrons. The molecule has 78 heavy (non-hydrogen) atoms. The average molecular weight is 1080 g/mol. The van der Waals surface area contributed by atoms with Gasteiger partial charge in [0, 0.05) is 22.5 Å². The third-order valence-corrected chi connectivity index (χ3v) is 14.9. The maximum atomic E-state index is 14.1. The Kier molecular flexibility index (Phi) is 15.5. The Hall–Kier alpha value is -7.68. The van der Waals surface area contributed by atoms with Crippen molar-refractivity contribution < 1.29 is 48.2 Å². The standard InChI is InChI=1S/C32H29Cl2NO5.C32H27NO5/c33-18-25(36)20-39-27-14-10-22(11-15-27)32(23-12-16-28(17-13-23)40-21-26(37)19-34)30-9-5-4-8-29(30)31(38)35(32)24-6-2-1-3-7-24;34-31-29-8-4-5-9-30(29)32(33(31)24-6-2-1-3-7-24,22-10-14-25(15-11-22)35-18-27-20-37-27)23-12-16-26(17-13-23)36-19-28-21-38-28/h1-17,25-26,36-37H,18-21H2;1-17,27-28H,18-21H2. The highest BCUT2D eigenvalue weighted by Crippen LogP contribution is 2.53. The van der Waals surface area contributed by atoms with E-state index in [1.54, 1.807) is 0 Å². The molecule has 0 saturated carbocycles. The molecule has 4 aliphatic rings. The monoisotopic (exact) mass is 1080 g/mol. The summed E-state index contributed by atoms with van der Waals surface area (Å²) in [6.07, 6.45) is -1.18. The van der Waals surface area contributed by atoms with Crippen LogP contribution in [0.25, 0.3) is 0 Å². The number of fused-ring (bicyclic) bond motifs is 2. The fourth-order valence-electron chi connectivity index (χ4n) is 10.4. The number of aliphatic hydroxyl groups is 2. The summed E-state index contributed by atoms with van der Waals surface area (Å²) in [4.78, 5) is 32.0. The summed E-state index contributed by atoms with van der Waals surface area (Å²) in [6, 6.07) is 66.2. The van der Waals surface area contributed by atoms with E-state index in [2.05, 4.69) is 30.3 Å². The molecule has 4 unspecified atom stereocenters. The van der Waals surface area contributed by atoms with Gasteiger partial charge in [0.2, 0.25) is 0 Å². The second kappa shape index (κ2) is 23.1. The third kappa shape index (κ3) is 10.4. The van der Waals surface area contributed by atoms with Crippen LogP contribution in [0.15, 0.2) is 206 Å². The van der Waals surface area contributed by atoms with Gasteiger partial charge in [-0.15, -0.1) is 23.2 Å². The van der Waals surface area contributed by atoms with Crippen molar-refractivity contribution in [1.82, 2.24) is 0 Å². The SMILES string of the molecule is O=C1c2ccccc2C(c2ccc(OCC(O)CCl)cc2)(c2ccc(OCC(O)CCl)cc2)N1c1ccccc1.O=C1c2ccccc2C(c2ccc(OCC3CO3)cc2)(c2ccc(OCC3CO3)cc2)N1c1ccccc1. The summed E-state index contributed by atoms with van der Waals surface area (Å²) >= 11 is 11.4. The number of hydrogen-bond acceptors (Lipinski definition) is 10. The van der Waals surface area contributed by atoms with E-state index in [-0.39, 0.29) is 49.0 Å². The lowest BCUT2D eigenvalue weighted by molar-refractivity contribution is 0.0978. The molecule has 12 rings (SSSR count). The maximum Gasteiger partial charge on any atom is 0.260 e. The first-order valence-electron chi connectivity index (χ1n) is 25.8. The van der Waals surface area contributed by atoms with Crippen LogP contribution in [-0.2, 0) is 20.6 Å². The number of halogens is 2. The van der Waals surface area contributed by atoms with E-state index in [1.165, 1.54) is 0 Å². The Morgan fingerprint density at radius 3 is 1.04 bits per heavy atom. The van der Waals surface area contributed by atoms with Crippen LogP contribution in [0.4, 0.5) is 11.4 Å². The first kappa shape index (κ1) is 52.4. The number of benzene rings is 8. The van der Waals surface area contributed by atoms with Crippen LogP contribution in [0, 0.1) is 0 Å². The van der Waals surface area contributed by atoms with Gasteiger partial charge in [0.1, 0.15) is 84.9 Å². The molecular formula is C64H56Cl2N2O10. The van der Waals surface area contributed by atoms with Crippen molar-refractivity contribution in [2.75, 3.05) is 61.2 Å². The van der Waals surface area contributed by atoms with E-state index >= 15 is 0 Å². The van der Waals surface area contributed by atoms with Crippen molar-refractivity contribution in [3.8, 4) is 23.0 Å². The molecule has 0 bridgehead atoms. The fourth-order valence-corrected chi connectivity index (χ4v) is 10.5. The molecule has 4 aliphatic heterocycles. The minimum atomic E-state index is -1.00. The molecule has 8 aromatic rings. The summed E-state index contributed by atoms with van der Waals surface area (Å²) in [5.41, 5.74) is 6.42. The van der Waals surface area contributed by atoms with E-state index in [9.17, 15) is 19.8 Å². The number of hydrogen-bond donors (Lipinski definition) is 2. The Morgan fingerprint density at radius 1 is 0.436 bits per heavy atom. The molecule has 14 heteroatoms. The number of para-hydroxylation sites is 2. The highest BCUT2D eigenvalue weighted by Gasteiger charge is 2.54. The van der Waals surface area contributed by atoms with Crippen LogP contribution < -0.4 is 28.7 Å². The zero-order chi connectivity index (χ0) is 53.6. The molecule has 2 amide bonds. The van der Waals surface area contributed by atoms with Gasteiger partial charge in [-0.3, -0.25) is 19.4 Å². The molecule has 0 spiro atoms. The van der Waals surface area contributed by atoms with Gasteiger partial charge in [0.25, 0.3) is 11.8 Å². The number of carbonyl (C=O) groups excluding carboxylic acids is 2. The van der Waals surface area contributed by atoms with Crippen LogP contribution in [0.3, 0.4) is 0 Å². The number of rotatable bonds is 20. The van der Waals surface area contributed by atoms with Crippen molar-refractivity contribution in [2.45, 2.75) is 35.5 Å². The maximum absolute atomic E-state index is 14.1. The van der Waals surface area contributed by atoms with Crippen LogP contribution in [0.5, 0.6) is 23.0 Å². The summed E-state index contributed by atoms with van der Waals surface area (Å²) in [5.74, 6) is 2.71. The molecule has 4 atom stereocenters. The van der Waals surface area contributed by atoms with Crippen LogP contribution >= 0.6 is 23.2 Å². The van der Waals surface area contributed by atoms with Crippen molar-refractivity contribution in [3.63, 3.8) is 0 Å². The molecule has 2 saturated heterocycles. The highest BCUT2D eigenvalue weighted by atomic mass is 35.5. The second-order valence-corrected chi connectivity index (χ2v) is 19.9. The van der Waals surface area contributed by atoms with Gasteiger partial charge in [-0.25, -0.2) is 0 Å². The second-order valence-electron chi connectivity index (χ2n) is 19.3. The summed E-state index contributed by atoms with van der Waals surface area (Å²) in [5, 5.41) is 19.6. The quantitative estimate of drug-likeness (QED) is 0.0559.